The van der Waals surface area contributed by atoms with Gasteiger partial charge >= 0.3 is 5.97 Å². The van der Waals surface area contributed by atoms with Gasteiger partial charge < -0.3 is 15.4 Å². The Bertz CT molecular complexity index is 574. The second-order valence-electron chi connectivity index (χ2n) is 4.33. The number of carbonyl (C=O) groups is 3. The third-order valence-corrected chi connectivity index (χ3v) is 2.61. The second-order valence-corrected chi connectivity index (χ2v) is 4.33. The third kappa shape index (κ3) is 5.35. The number of benzene rings is 1. The maximum absolute atomic E-state index is 13.4. The van der Waals surface area contributed by atoms with Gasteiger partial charge in [-0.2, -0.15) is 0 Å². The van der Waals surface area contributed by atoms with E-state index in [1.807, 2.05) is 0 Å². The van der Waals surface area contributed by atoms with Crippen LogP contribution < -0.4 is 10.6 Å². The van der Waals surface area contributed by atoms with Crippen molar-refractivity contribution in [2.45, 2.75) is 13.0 Å². The fraction of sp³-hybridized carbons (Fsp3) is 0.267. The maximum Gasteiger partial charge on any atom is 0.326 e. The lowest BCUT2D eigenvalue weighted by atomic mass is 10.2. The van der Waals surface area contributed by atoms with E-state index < -0.39 is 36.2 Å². The molecule has 0 aromatic heterocycles. The van der Waals surface area contributed by atoms with Gasteiger partial charge in [-0.15, -0.1) is 6.58 Å². The van der Waals surface area contributed by atoms with Gasteiger partial charge in [0.15, 0.2) is 6.10 Å². The van der Waals surface area contributed by atoms with E-state index in [4.69, 9.17) is 4.74 Å². The van der Waals surface area contributed by atoms with Crippen LogP contribution in [0.3, 0.4) is 0 Å². The highest BCUT2D eigenvalue weighted by Gasteiger charge is 2.18. The average Bonchev–Trinajstić information content (AvgIpc) is 2.50. The van der Waals surface area contributed by atoms with Crippen LogP contribution >= 0.6 is 0 Å². The minimum atomic E-state index is -1.00. The quantitative estimate of drug-likeness (QED) is 0.576. The summed E-state index contributed by atoms with van der Waals surface area (Å²) in [4.78, 5) is 34.7. The highest BCUT2D eigenvalue weighted by atomic mass is 19.1. The summed E-state index contributed by atoms with van der Waals surface area (Å²) in [5.74, 6) is -2.70. The number of nitrogens with one attached hydrogen (secondary N) is 2. The van der Waals surface area contributed by atoms with Crippen LogP contribution in [0.15, 0.2) is 36.9 Å². The topological polar surface area (TPSA) is 84.5 Å². The molecule has 0 spiro atoms. The molecule has 0 saturated carbocycles. The van der Waals surface area contributed by atoms with Crippen molar-refractivity contribution < 1.29 is 23.5 Å². The lowest BCUT2D eigenvalue weighted by Crippen LogP contribution is -2.38. The van der Waals surface area contributed by atoms with Crippen LogP contribution in [-0.4, -0.2) is 37.0 Å². The number of hydrogen-bond acceptors (Lipinski definition) is 4. The molecule has 118 valence electrons. The standard InChI is InChI=1S/C15H17FN2O4/c1-3-8-17-14(20)10(2)22-13(19)9-18-15(21)11-6-4-5-7-12(11)16/h3-7,10H,1,8-9H2,2H3,(H,17,20)(H,18,21). The monoisotopic (exact) mass is 308 g/mol. The van der Waals surface area contributed by atoms with Crippen molar-refractivity contribution in [3.63, 3.8) is 0 Å². The Balaban J connectivity index is 2.43. The van der Waals surface area contributed by atoms with Gasteiger partial charge in [0.05, 0.1) is 5.56 Å². The molecule has 0 aliphatic heterocycles. The zero-order chi connectivity index (χ0) is 16.5. The fourth-order valence-electron chi connectivity index (χ4n) is 1.50. The Hall–Kier alpha value is -2.70. The van der Waals surface area contributed by atoms with E-state index >= 15 is 0 Å². The van der Waals surface area contributed by atoms with Crippen molar-refractivity contribution in [2.24, 2.45) is 0 Å². The Labute approximate surface area is 127 Å². The van der Waals surface area contributed by atoms with Gasteiger partial charge in [-0.3, -0.25) is 14.4 Å². The van der Waals surface area contributed by atoms with Gasteiger partial charge in [0, 0.05) is 6.54 Å². The van der Waals surface area contributed by atoms with Crippen molar-refractivity contribution >= 4 is 17.8 Å². The summed E-state index contributed by atoms with van der Waals surface area (Å²) in [6.45, 7) is 4.62. The molecule has 0 heterocycles. The number of hydrogen-bond donors (Lipinski definition) is 2. The van der Waals surface area contributed by atoms with Gasteiger partial charge in [-0.05, 0) is 19.1 Å². The van der Waals surface area contributed by atoms with Crippen molar-refractivity contribution in [2.75, 3.05) is 13.1 Å². The lowest BCUT2D eigenvalue weighted by molar-refractivity contribution is -0.153. The predicted octanol–water partition coefficient (Wildman–Crippen LogP) is 0.789. The summed E-state index contributed by atoms with van der Waals surface area (Å²) < 4.78 is 18.2. The van der Waals surface area contributed by atoms with Gasteiger partial charge in [-0.25, -0.2) is 4.39 Å². The summed E-state index contributed by atoms with van der Waals surface area (Å²) in [7, 11) is 0. The molecule has 22 heavy (non-hydrogen) atoms. The smallest absolute Gasteiger partial charge is 0.326 e. The van der Waals surface area contributed by atoms with Gasteiger partial charge in [-0.1, -0.05) is 18.2 Å². The predicted molar refractivity (Wildman–Crippen MR) is 77.5 cm³/mol. The molecule has 0 aliphatic carbocycles. The normalized spacial score (nSPS) is 11.2. The van der Waals surface area contributed by atoms with E-state index in [9.17, 15) is 18.8 Å². The van der Waals surface area contributed by atoms with Crippen LogP contribution in [0.4, 0.5) is 4.39 Å². The van der Waals surface area contributed by atoms with E-state index in [1.54, 1.807) is 0 Å². The molecule has 1 atom stereocenters. The van der Waals surface area contributed by atoms with Crippen LogP contribution in [0, 0.1) is 5.82 Å². The summed E-state index contributed by atoms with van der Waals surface area (Å²) in [5, 5.41) is 4.69. The van der Waals surface area contributed by atoms with Crippen molar-refractivity contribution in [3.05, 3.63) is 48.3 Å². The molecule has 0 bridgehead atoms. The molecule has 2 amide bonds. The summed E-state index contributed by atoms with van der Waals surface area (Å²) in [6.07, 6.45) is 0.485. The minimum Gasteiger partial charge on any atom is -0.451 e. The van der Waals surface area contributed by atoms with E-state index in [0.29, 0.717) is 0 Å². The molecule has 0 saturated heterocycles. The minimum absolute atomic E-state index is 0.174. The molecule has 0 radical (unpaired) electrons. The van der Waals surface area contributed by atoms with Crippen molar-refractivity contribution in [1.29, 1.82) is 0 Å². The van der Waals surface area contributed by atoms with Crippen LogP contribution in [0.25, 0.3) is 0 Å². The molecule has 2 N–H and O–H groups in total. The fourth-order valence-corrected chi connectivity index (χ4v) is 1.50. The molecular formula is C15H17FN2O4. The third-order valence-electron chi connectivity index (χ3n) is 2.61. The Kier molecular flexibility index (Phi) is 6.75. The number of rotatable bonds is 7. The van der Waals surface area contributed by atoms with Crippen molar-refractivity contribution in [1.82, 2.24) is 10.6 Å². The number of carbonyl (C=O) groups excluding carboxylic acids is 3. The Morgan fingerprint density at radius 3 is 2.64 bits per heavy atom. The molecule has 1 aromatic carbocycles. The molecule has 1 aromatic rings. The van der Waals surface area contributed by atoms with Crippen LogP contribution in [0.2, 0.25) is 0 Å². The molecule has 0 fully saturated rings. The maximum atomic E-state index is 13.4. The summed E-state index contributed by atoms with van der Waals surface area (Å²) in [5.41, 5.74) is -0.174. The van der Waals surface area contributed by atoms with Crippen molar-refractivity contribution in [3.8, 4) is 0 Å². The number of amides is 2. The number of esters is 1. The van der Waals surface area contributed by atoms with Gasteiger partial charge in [0.2, 0.25) is 0 Å². The first-order valence-corrected chi connectivity index (χ1v) is 6.56. The average molecular weight is 308 g/mol. The summed E-state index contributed by atoms with van der Waals surface area (Å²) in [6, 6.07) is 5.38. The van der Waals surface area contributed by atoms with E-state index in [-0.39, 0.29) is 12.1 Å². The Morgan fingerprint density at radius 1 is 1.32 bits per heavy atom. The zero-order valence-corrected chi connectivity index (χ0v) is 12.1. The zero-order valence-electron chi connectivity index (χ0n) is 12.1. The molecular weight excluding hydrogens is 291 g/mol. The molecule has 1 unspecified atom stereocenters. The highest BCUT2D eigenvalue weighted by molar-refractivity contribution is 5.96. The molecule has 1 rings (SSSR count). The van der Waals surface area contributed by atoms with Crippen LogP contribution in [0.1, 0.15) is 17.3 Å². The van der Waals surface area contributed by atoms with Gasteiger partial charge in [0.1, 0.15) is 12.4 Å². The van der Waals surface area contributed by atoms with Gasteiger partial charge in [0.25, 0.3) is 11.8 Å². The Morgan fingerprint density at radius 2 is 2.00 bits per heavy atom. The number of halogens is 1. The molecule has 0 aliphatic rings. The highest BCUT2D eigenvalue weighted by Crippen LogP contribution is 2.05. The number of ether oxygens (including phenoxy) is 1. The second kappa shape index (κ2) is 8.56. The molecule has 7 heteroatoms. The summed E-state index contributed by atoms with van der Waals surface area (Å²) >= 11 is 0. The first kappa shape index (κ1) is 17.4. The van der Waals surface area contributed by atoms with E-state index in [2.05, 4.69) is 17.2 Å². The van der Waals surface area contributed by atoms with Crippen LogP contribution in [0.5, 0.6) is 0 Å². The first-order valence-electron chi connectivity index (χ1n) is 6.56. The SMILES string of the molecule is C=CCNC(=O)C(C)OC(=O)CNC(=O)c1ccccc1F. The van der Waals surface area contributed by atoms with Crippen LogP contribution in [-0.2, 0) is 14.3 Å². The van der Waals surface area contributed by atoms with E-state index in [0.717, 1.165) is 6.07 Å². The largest absolute Gasteiger partial charge is 0.451 e. The first-order chi connectivity index (χ1) is 10.5. The van der Waals surface area contributed by atoms with E-state index in [1.165, 1.54) is 31.2 Å². The lowest BCUT2D eigenvalue weighted by Gasteiger charge is -2.13. The molecule has 6 nitrogen and oxygen atoms in total.